The third-order valence-corrected chi connectivity index (χ3v) is 4.38. The van der Waals surface area contributed by atoms with Crippen LogP contribution in [-0.4, -0.2) is 30.4 Å². The minimum Gasteiger partial charge on any atom is -0.484 e. The summed E-state index contributed by atoms with van der Waals surface area (Å²) in [7, 11) is 1.78. The van der Waals surface area contributed by atoms with Crippen LogP contribution in [0.25, 0.3) is 0 Å². The van der Waals surface area contributed by atoms with Gasteiger partial charge in [-0.3, -0.25) is 9.59 Å². The van der Waals surface area contributed by atoms with Crippen LogP contribution in [0.2, 0.25) is 0 Å². The Kier molecular flexibility index (Phi) is 5.16. The van der Waals surface area contributed by atoms with Crippen LogP contribution in [0, 0.1) is 0 Å². The maximum absolute atomic E-state index is 12.5. The van der Waals surface area contributed by atoms with E-state index in [0.717, 1.165) is 4.88 Å². The molecule has 1 unspecified atom stereocenters. The topological polar surface area (TPSA) is 72.6 Å². The molecule has 1 aromatic heterocycles. The predicted octanol–water partition coefficient (Wildman–Crippen LogP) is 2.45. The minimum atomic E-state index is -0.537. The first-order valence-corrected chi connectivity index (χ1v) is 7.68. The summed E-state index contributed by atoms with van der Waals surface area (Å²) in [6.07, 6.45) is 0. The minimum absolute atomic E-state index is 0.0123. The monoisotopic (exact) mass is 318 g/mol. The summed E-state index contributed by atoms with van der Waals surface area (Å²) in [4.78, 5) is 26.0. The fourth-order valence-corrected chi connectivity index (χ4v) is 2.77. The van der Waals surface area contributed by atoms with E-state index >= 15 is 0 Å². The summed E-state index contributed by atoms with van der Waals surface area (Å²) in [5, 5.41) is 2.00. The van der Waals surface area contributed by atoms with E-state index in [1.165, 1.54) is 0 Å². The molecule has 0 aliphatic rings. The molecule has 116 valence electrons. The molecule has 1 heterocycles. The number of carbonyl (C=O) groups excluding carboxylic acids is 2. The van der Waals surface area contributed by atoms with E-state index < -0.39 is 5.91 Å². The van der Waals surface area contributed by atoms with Crippen LogP contribution in [0.15, 0.2) is 41.8 Å². The molecular weight excluding hydrogens is 300 g/mol. The van der Waals surface area contributed by atoms with Crippen molar-refractivity contribution in [1.82, 2.24) is 4.90 Å². The van der Waals surface area contributed by atoms with E-state index in [1.54, 1.807) is 47.5 Å². The zero-order valence-corrected chi connectivity index (χ0v) is 13.3. The number of nitrogens with zero attached hydrogens (tertiary/aromatic N) is 1. The van der Waals surface area contributed by atoms with Crippen LogP contribution < -0.4 is 10.5 Å². The van der Waals surface area contributed by atoms with E-state index in [1.807, 2.05) is 24.4 Å². The molecule has 0 radical (unpaired) electrons. The first-order valence-electron chi connectivity index (χ1n) is 6.80. The van der Waals surface area contributed by atoms with Gasteiger partial charge in [-0.05, 0) is 42.6 Å². The van der Waals surface area contributed by atoms with Gasteiger partial charge in [0, 0.05) is 17.5 Å². The molecule has 2 rings (SSSR count). The van der Waals surface area contributed by atoms with Gasteiger partial charge in [0.25, 0.3) is 11.8 Å². The second-order valence-corrected chi connectivity index (χ2v) is 5.87. The van der Waals surface area contributed by atoms with Crippen molar-refractivity contribution in [3.05, 3.63) is 52.2 Å². The number of ether oxygens (including phenoxy) is 1. The summed E-state index contributed by atoms with van der Waals surface area (Å²) in [6, 6.07) is 10.7. The molecule has 0 saturated carbocycles. The van der Waals surface area contributed by atoms with Gasteiger partial charge in [0.15, 0.2) is 6.61 Å². The number of hydrogen-bond acceptors (Lipinski definition) is 4. The summed E-state index contributed by atoms with van der Waals surface area (Å²) in [5.41, 5.74) is 5.58. The molecule has 2 aromatic rings. The molecule has 5 nitrogen and oxygen atoms in total. The standard InChI is InChI=1S/C16H18N2O3S/c1-11(14-4-3-9-22-14)18(2)16(20)12-5-7-13(8-6-12)21-10-15(17)19/h3-9,11H,10H2,1-2H3,(H2,17,19). The molecule has 0 spiro atoms. The quantitative estimate of drug-likeness (QED) is 0.889. The van der Waals surface area contributed by atoms with Crippen LogP contribution in [0.4, 0.5) is 0 Å². The van der Waals surface area contributed by atoms with Crippen molar-refractivity contribution in [3.8, 4) is 5.75 Å². The van der Waals surface area contributed by atoms with E-state index in [4.69, 9.17) is 10.5 Å². The van der Waals surface area contributed by atoms with Gasteiger partial charge in [-0.25, -0.2) is 0 Å². The molecule has 1 aromatic carbocycles. The largest absolute Gasteiger partial charge is 0.484 e. The number of rotatable bonds is 6. The molecule has 0 fully saturated rings. The van der Waals surface area contributed by atoms with Gasteiger partial charge in [-0.1, -0.05) is 6.07 Å². The van der Waals surface area contributed by atoms with Gasteiger partial charge >= 0.3 is 0 Å². The normalized spacial score (nSPS) is 11.7. The van der Waals surface area contributed by atoms with Gasteiger partial charge in [0.05, 0.1) is 6.04 Å². The predicted molar refractivity (Wildman–Crippen MR) is 86.0 cm³/mol. The summed E-state index contributed by atoms with van der Waals surface area (Å²) >= 11 is 1.63. The number of primary amides is 1. The van der Waals surface area contributed by atoms with E-state index in [2.05, 4.69) is 0 Å². The van der Waals surface area contributed by atoms with E-state index in [9.17, 15) is 9.59 Å². The summed E-state index contributed by atoms with van der Waals surface area (Å²) in [6.45, 7) is 1.82. The zero-order valence-electron chi connectivity index (χ0n) is 12.5. The Morgan fingerprint density at radius 2 is 1.95 bits per heavy atom. The molecule has 0 bridgehead atoms. The van der Waals surface area contributed by atoms with Crippen molar-refractivity contribution in [2.75, 3.05) is 13.7 Å². The highest BCUT2D eigenvalue weighted by Gasteiger charge is 2.19. The van der Waals surface area contributed by atoms with Crippen molar-refractivity contribution in [2.24, 2.45) is 5.73 Å². The van der Waals surface area contributed by atoms with Crippen molar-refractivity contribution in [1.29, 1.82) is 0 Å². The first-order chi connectivity index (χ1) is 10.5. The molecule has 2 amide bonds. The van der Waals surface area contributed by atoms with Crippen LogP contribution in [0.3, 0.4) is 0 Å². The number of benzene rings is 1. The highest BCUT2D eigenvalue weighted by molar-refractivity contribution is 7.10. The molecule has 22 heavy (non-hydrogen) atoms. The maximum Gasteiger partial charge on any atom is 0.255 e. The third kappa shape index (κ3) is 3.85. The number of nitrogens with two attached hydrogens (primary N) is 1. The Labute approximate surface area is 133 Å². The molecule has 0 aliphatic carbocycles. The van der Waals surface area contributed by atoms with Crippen LogP contribution in [-0.2, 0) is 4.79 Å². The Bertz CT molecular complexity index is 638. The first kappa shape index (κ1) is 16.0. The lowest BCUT2D eigenvalue weighted by Crippen LogP contribution is -2.29. The van der Waals surface area contributed by atoms with Gasteiger partial charge in [0.2, 0.25) is 0 Å². The molecule has 1 atom stereocenters. The zero-order chi connectivity index (χ0) is 16.1. The van der Waals surface area contributed by atoms with E-state index in [0.29, 0.717) is 11.3 Å². The van der Waals surface area contributed by atoms with Crippen molar-refractivity contribution >= 4 is 23.2 Å². The Morgan fingerprint density at radius 1 is 1.27 bits per heavy atom. The van der Waals surface area contributed by atoms with Gasteiger partial charge in [-0.2, -0.15) is 0 Å². The van der Waals surface area contributed by atoms with Crippen molar-refractivity contribution in [2.45, 2.75) is 13.0 Å². The van der Waals surface area contributed by atoms with Crippen molar-refractivity contribution in [3.63, 3.8) is 0 Å². The smallest absolute Gasteiger partial charge is 0.255 e. The molecular formula is C16H18N2O3S. The van der Waals surface area contributed by atoms with Crippen LogP contribution in [0.1, 0.15) is 28.2 Å². The van der Waals surface area contributed by atoms with Gasteiger partial charge in [-0.15, -0.1) is 11.3 Å². The number of hydrogen-bond donors (Lipinski definition) is 1. The van der Waals surface area contributed by atoms with Gasteiger partial charge < -0.3 is 15.4 Å². The highest BCUT2D eigenvalue weighted by Crippen LogP contribution is 2.25. The maximum atomic E-state index is 12.5. The number of amides is 2. The fourth-order valence-electron chi connectivity index (χ4n) is 1.95. The lowest BCUT2D eigenvalue weighted by molar-refractivity contribution is -0.119. The number of thiophene rings is 1. The Balaban J connectivity index is 2.04. The van der Waals surface area contributed by atoms with Crippen LogP contribution in [0.5, 0.6) is 5.75 Å². The Hall–Kier alpha value is -2.34. The third-order valence-electron chi connectivity index (χ3n) is 3.34. The molecule has 2 N–H and O–H groups in total. The average molecular weight is 318 g/mol. The lowest BCUT2D eigenvalue weighted by Gasteiger charge is -2.24. The molecule has 0 aliphatic heterocycles. The Morgan fingerprint density at radius 3 is 2.50 bits per heavy atom. The van der Waals surface area contributed by atoms with E-state index in [-0.39, 0.29) is 18.6 Å². The summed E-state index contributed by atoms with van der Waals surface area (Å²) < 4.78 is 5.17. The summed E-state index contributed by atoms with van der Waals surface area (Å²) in [5.74, 6) is -0.101. The second-order valence-electron chi connectivity index (χ2n) is 4.89. The average Bonchev–Trinajstić information content (AvgIpc) is 3.05. The van der Waals surface area contributed by atoms with Crippen molar-refractivity contribution < 1.29 is 14.3 Å². The molecule has 6 heteroatoms. The SMILES string of the molecule is CC(c1cccs1)N(C)C(=O)c1ccc(OCC(N)=O)cc1. The second kappa shape index (κ2) is 7.09. The fraction of sp³-hybridized carbons (Fsp3) is 0.250. The lowest BCUT2D eigenvalue weighted by atomic mass is 10.1. The highest BCUT2D eigenvalue weighted by atomic mass is 32.1. The van der Waals surface area contributed by atoms with Crippen LogP contribution >= 0.6 is 11.3 Å². The molecule has 0 saturated heterocycles. The van der Waals surface area contributed by atoms with Gasteiger partial charge in [0.1, 0.15) is 5.75 Å². The number of carbonyl (C=O) groups is 2.